The summed E-state index contributed by atoms with van der Waals surface area (Å²) in [7, 11) is 0. The number of aromatic nitrogens is 1. The Hall–Kier alpha value is -2.36. The van der Waals surface area contributed by atoms with Crippen molar-refractivity contribution in [3.63, 3.8) is 0 Å². The molecule has 0 aliphatic carbocycles. The number of carbonyl (C=O) groups is 1. The lowest BCUT2D eigenvalue weighted by Gasteiger charge is -2.06. The molecular formula is C14H14N2O2. The molecule has 1 heterocycles. The number of nitrogens with one attached hydrogen (secondary N) is 1. The Labute approximate surface area is 105 Å². The van der Waals surface area contributed by atoms with E-state index in [1.165, 1.54) is 6.20 Å². The van der Waals surface area contributed by atoms with E-state index in [2.05, 4.69) is 10.3 Å². The molecule has 4 nitrogen and oxygen atoms in total. The molecule has 18 heavy (non-hydrogen) atoms. The molecular weight excluding hydrogens is 228 g/mol. The van der Waals surface area contributed by atoms with Gasteiger partial charge in [0.25, 0.3) is 5.91 Å². The Morgan fingerprint density at radius 2 is 2.06 bits per heavy atom. The summed E-state index contributed by atoms with van der Waals surface area (Å²) in [6, 6.07) is 10.5. The van der Waals surface area contributed by atoms with Crippen molar-refractivity contribution in [3.05, 3.63) is 59.9 Å². The number of pyridine rings is 1. The van der Waals surface area contributed by atoms with E-state index in [1.54, 1.807) is 30.5 Å². The number of nitrogens with zero attached hydrogens (tertiary/aromatic N) is 1. The molecule has 0 aliphatic heterocycles. The summed E-state index contributed by atoms with van der Waals surface area (Å²) >= 11 is 0. The smallest absolute Gasteiger partial charge is 0.252 e. The van der Waals surface area contributed by atoms with Gasteiger partial charge in [0, 0.05) is 18.9 Å². The number of rotatable bonds is 4. The van der Waals surface area contributed by atoms with Gasteiger partial charge in [0.05, 0.1) is 5.56 Å². The number of hydrogen-bond donors (Lipinski definition) is 2. The van der Waals surface area contributed by atoms with Gasteiger partial charge in [-0.3, -0.25) is 9.78 Å². The zero-order chi connectivity index (χ0) is 12.8. The van der Waals surface area contributed by atoms with Crippen LogP contribution in [0.5, 0.6) is 5.75 Å². The Kier molecular flexibility index (Phi) is 3.91. The highest BCUT2D eigenvalue weighted by molar-refractivity contribution is 5.93. The Morgan fingerprint density at radius 1 is 1.22 bits per heavy atom. The zero-order valence-electron chi connectivity index (χ0n) is 9.84. The third kappa shape index (κ3) is 3.07. The minimum atomic E-state index is -0.154. The van der Waals surface area contributed by atoms with Crippen molar-refractivity contribution in [2.45, 2.75) is 6.42 Å². The minimum Gasteiger partial charge on any atom is -0.508 e. The van der Waals surface area contributed by atoms with Crippen LogP contribution in [0, 0.1) is 0 Å². The van der Waals surface area contributed by atoms with Gasteiger partial charge in [-0.15, -0.1) is 0 Å². The van der Waals surface area contributed by atoms with Crippen LogP contribution in [0.2, 0.25) is 0 Å². The van der Waals surface area contributed by atoms with Gasteiger partial charge in [-0.05, 0) is 30.2 Å². The number of hydrogen-bond acceptors (Lipinski definition) is 3. The third-order valence-corrected chi connectivity index (χ3v) is 2.60. The number of para-hydroxylation sites is 1. The van der Waals surface area contributed by atoms with Crippen molar-refractivity contribution >= 4 is 5.91 Å². The number of phenols is 1. The van der Waals surface area contributed by atoms with Crippen LogP contribution in [-0.2, 0) is 6.42 Å². The van der Waals surface area contributed by atoms with Crippen molar-refractivity contribution in [2.24, 2.45) is 0 Å². The number of aromatic hydroxyl groups is 1. The van der Waals surface area contributed by atoms with Crippen LogP contribution in [0.15, 0.2) is 48.8 Å². The lowest BCUT2D eigenvalue weighted by atomic mass is 10.1. The second kappa shape index (κ2) is 5.82. The largest absolute Gasteiger partial charge is 0.508 e. The van der Waals surface area contributed by atoms with E-state index in [1.807, 2.05) is 12.1 Å². The highest BCUT2D eigenvalue weighted by Crippen LogP contribution is 2.15. The summed E-state index contributed by atoms with van der Waals surface area (Å²) in [4.78, 5) is 15.6. The van der Waals surface area contributed by atoms with E-state index in [0.29, 0.717) is 18.5 Å². The topological polar surface area (TPSA) is 62.2 Å². The Morgan fingerprint density at radius 3 is 2.78 bits per heavy atom. The molecule has 92 valence electrons. The molecule has 0 radical (unpaired) electrons. The van der Waals surface area contributed by atoms with Crippen molar-refractivity contribution in [3.8, 4) is 5.75 Å². The molecule has 2 rings (SSSR count). The maximum absolute atomic E-state index is 11.7. The average molecular weight is 242 g/mol. The second-order valence-corrected chi connectivity index (χ2v) is 3.88. The van der Waals surface area contributed by atoms with Crippen LogP contribution in [0.3, 0.4) is 0 Å². The monoisotopic (exact) mass is 242 g/mol. The summed E-state index contributed by atoms with van der Waals surface area (Å²) in [5.41, 5.74) is 1.36. The summed E-state index contributed by atoms with van der Waals surface area (Å²) in [6.07, 6.45) is 3.74. The standard InChI is InChI=1S/C14H14N2O2/c17-13-6-2-1-4-11(13)7-9-16-14(18)12-5-3-8-15-10-12/h1-6,8,10,17H,7,9H2,(H,16,18). The van der Waals surface area contributed by atoms with Crippen molar-refractivity contribution in [2.75, 3.05) is 6.54 Å². The van der Waals surface area contributed by atoms with Gasteiger partial charge >= 0.3 is 0 Å². The molecule has 2 N–H and O–H groups in total. The van der Waals surface area contributed by atoms with Crippen molar-refractivity contribution in [1.29, 1.82) is 0 Å². The Balaban J connectivity index is 1.86. The SMILES string of the molecule is O=C(NCCc1ccccc1O)c1cccnc1. The molecule has 0 unspecified atom stereocenters. The quantitative estimate of drug-likeness (QED) is 0.858. The minimum absolute atomic E-state index is 0.154. The summed E-state index contributed by atoms with van der Waals surface area (Å²) in [6.45, 7) is 0.477. The number of carbonyl (C=O) groups excluding carboxylic acids is 1. The van der Waals surface area contributed by atoms with E-state index in [0.717, 1.165) is 5.56 Å². The van der Waals surface area contributed by atoms with Gasteiger partial charge in [-0.2, -0.15) is 0 Å². The summed E-state index contributed by atoms with van der Waals surface area (Å²) in [5.74, 6) is 0.103. The van der Waals surface area contributed by atoms with E-state index >= 15 is 0 Å². The number of benzene rings is 1. The molecule has 1 amide bonds. The van der Waals surface area contributed by atoms with Gasteiger partial charge in [-0.25, -0.2) is 0 Å². The molecule has 1 aromatic carbocycles. The molecule has 4 heteroatoms. The normalized spacial score (nSPS) is 10.0. The van der Waals surface area contributed by atoms with Crippen LogP contribution in [0.25, 0.3) is 0 Å². The maximum Gasteiger partial charge on any atom is 0.252 e. The van der Waals surface area contributed by atoms with Crippen LogP contribution >= 0.6 is 0 Å². The first-order chi connectivity index (χ1) is 8.77. The molecule has 1 aromatic heterocycles. The predicted octanol–water partition coefficient (Wildman–Crippen LogP) is 1.76. The fraction of sp³-hybridized carbons (Fsp3) is 0.143. The molecule has 0 saturated heterocycles. The fourth-order valence-corrected chi connectivity index (χ4v) is 1.63. The van der Waals surface area contributed by atoms with Gasteiger partial charge in [0.1, 0.15) is 5.75 Å². The second-order valence-electron chi connectivity index (χ2n) is 3.88. The molecule has 0 atom stereocenters. The first-order valence-electron chi connectivity index (χ1n) is 5.72. The number of phenolic OH excluding ortho intramolecular Hbond substituents is 1. The van der Waals surface area contributed by atoms with Crippen molar-refractivity contribution in [1.82, 2.24) is 10.3 Å². The van der Waals surface area contributed by atoms with Crippen LogP contribution < -0.4 is 5.32 Å². The highest BCUT2D eigenvalue weighted by atomic mass is 16.3. The first kappa shape index (κ1) is 12.1. The van der Waals surface area contributed by atoms with Gasteiger partial charge in [0.15, 0.2) is 0 Å². The molecule has 0 fully saturated rings. The van der Waals surface area contributed by atoms with E-state index in [-0.39, 0.29) is 11.7 Å². The highest BCUT2D eigenvalue weighted by Gasteiger charge is 2.05. The number of amides is 1. The average Bonchev–Trinajstić information content (AvgIpc) is 2.42. The van der Waals surface area contributed by atoms with Crippen LogP contribution in [0.4, 0.5) is 0 Å². The van der Waals surface area contributed by atoms with Gasteiger partial charge in [0.2, 0.25) is 0 Å². The molecule has 0 bridgehead atoms. The summed E-state index contributed by atoms with van der Waals surface area (Å²) < 4.78 is 0. The predicted molar refractivity (Wildman–Crippen MR) is 68.4 cm³/mol. The molecule has 0 saturated carbocycles. The Bertz CT molecular complexity index is 526. The van der Waals surface area contributed by atoms with E-state index in [4.69, 9.17) is 0 Å². The van der Waals surface area contributed by atoms with E-state index < -0.39 is 0 Å². The van der Waals surface area contributed by atoms with E-state index in [9.17, 15) is 9.90 Å². The first-order valence-corrected chi connectivity index (χ1v) is 5.72. The van der Waals surface area contributed by atoms with Crippen LogP contribution in [-0.4, -0.2) is 22.5 Å². The van der Waals surface area contributed by atoms with Crippen LogP contribution in [0.1, 0.15) is 15.9 Å². The van der Waals surface area contributed by atoms with Crippen molar-refractivity contribution < 1.29 is 9.90 Å². The van der Waals surface area contributed by atoms with Gasteiger partial charge < -0.3 is 10.4 Å². The zero-order valence-corrected chi connectivity index (χ0v) is 9.84. The van der Waals surface area contributed by atoms with Gasteiger partial charge in [-0.1, -0.05) is 18.2 Å². The molecule has 0 spiro atoms. The third-order valence-electron chi connectivity index (χ3n) is 2.60. The fourth-order valence-electron chi connectivity index (χ4n) is 1.63. The summed E-state index contributed by atoms with van der Waals surface area (Å²) in [5, 5.41) is 12.4. The maximum atomic E-state index is 11.7. The molecule has 0 aliphatic rings. The lowest BCUT2D eigenvalue weighted by molar-refractivity contribution is 0.0953. The lowest BCUT2D eigenvalue weighted by Crippen LogP contribution is -2.25. The molecule has 2 aromatic rings.